The maximum absolute atomic E-state index is 4.76. The smallest absolute Gasteiger partial charge is 0.0701 e. The molecular formula is C42H30N6. The van der Waals surface area contributed by atoms with E-state index in [2.05, 4.69) is 33.2 Å². The zero-order chi connectivity index (χ0) is 32.4. The Morgan fingerprint density at radius 2 is 0.625 bits per heavy atom. The van der Waals surface area contributed by atoms with Crippen LogP contribution >= 0.6 is 0 Å². The molecule has 0 fully saturated rings. The van der Waals surface area contributed by atoms with Gasteiger partial charge in [-0.2, -0.15) is 0 Å². The number of rotatable bonds is 9. The van der Waals surface area contributed by atoms with Crippen LogP contribution in [0.25, 0.3) is 33.8 Å². The summed E-state index contributed by atoms with van der Waals surface area (Å²) in [4.78, 5) is 27.6. The average Bonchev–Trinajstić information content (AvgIpc) is 3.17. The minimum Gasteiger partial charge on any atom is -0.256 e. The van der Waals surface area contributed by atoms with Crippen LogP contribution in [0.2, 0.25) is 0 Å². The van der Waals surface area contributed by atoms with Crippen molar-refractivity contribution in [3.05, 3.63) is 181 Å². The van der Waals surface area contributed by atoms with Crippen molar-refractivity contribution in [2.45, 2.75) is 0 Å². The summed E-state index contributed by atoms with van der Waals surface area (Å²) in [5.41, 5.74) is 11.3. The molecular weight excluding hydrogens is 589 g/mol. The first-order valence-electron chi connectivity index (χ1n) is 15.6. The normalized spacial score (nSPS) is 11.5. The van der Waals surface area contributed by atoms with E-state index in [1.165, 1.54) is 0 Å². The molecule has 7 aromatic rings. The highest BCUT2D eigenvalue weighted by molar-refractivity contribution is 5.93. The minimum absolute atomic E-state index is 0.852. The molecule has 4 aromatic carbocycles. The molecule has 6 heteroatoms. The lowest BCUT2D eigenvalue weighted by Crippen LogP contribution is -1.92. The quantitative estimate of drug-likeness (QED) is 0.151. The summed E-state index contributed by atoms with van der Waals surface area (Å²) < 4.78 is 0. The standard InChI is InChI=1S/C42H30N6/c1-4-22-43-40(7-1)34-10-16-37(17-11-34)46-28-31-25-32(29-47-38-18-12-35(13-19-38)41-8-2-5-23-44-41)27-33(26-31)30-48-39-20-14-36(15-21-39)42-9-3-6-24-45-42/h1-30H/b46-28-,47-29-,48-30-. The fourth-order valence-corrected chi connectivity index (χ4v) is 5.13. The Morgan fingerprint density at radius 1 is 0.333 bits per heavy atom. The number of benzene rings is 4. The first kappa shape index (κ1) is 30.0. The maximum atomic E-state index is 4.76. The van der Waals surface area contributed by atoms with Crippen LogP contribution < -0.4 is 0 Å². The highest BCUT2D eigenvalue weighted by Crippen LogP contribution is 2.24. The van der Waals surface area contributed by atoms with Crippen LogP contribution in [0.3, 0.4) is 0 Å². The van der Waals surface area contributed by atoms with E-state index in [1.54, 1.807) is 18.6 Å². The van der Waals surface area contributed by atoms with E-state index in [9.17, 15) is 0 Å². The summed E-state index contributed by atoms with van der Waals surface area (Å²) in [6, 6.07) is 48.1. The second kappa shape index (κ2) is 14.6. The van der Waals surface area contributed by atoms with E-state index >= 15 is 0 Å². The first-order chi connectivity index (χ1) is 23.7. The molecule has 0 spiro atoms. The molecule has 0 radical (unpaired) electrons. The fraction of sp³-hybridized carbons (Fsp3) is 0. The van der Waals surface area contributed by atoms with Crippen LogP contribution in [0.4, 0.5) is 17.1 Å². The Morgan fingerprint density at radius 3 is 0.875 bits per heavy atom. The molecule has 228 valence electrons. The van der Waals surface area contributed by atoms with Gasteiger partial charge in [0, 0.05) is 53.9 Å². The molecule has 0 saturated carbocycles. The van der Waals surface area contributed by atoms with Crippen LogP contribution in [0.5, 0.6) is 0 Å². The number of aliphatic imine (C=N–C) groups is 3. The maximum Gasteiger partial charge on any atom is 0.0701 e. The largest absolute Gasteiger partial charge is 0.256 e. The van der Waals surface area contributed by atoms with Gasteiger partial charge in [-0.3, -0.25) is 29.9 Å². The third-order valence-electron chi connectivity index (χ3n) is 7.57. The molecule has 3 aromatic heterocycles. The molecule has 0 atom stereocenters. The van der Waals surface area contributed by atoms with Gasteiger partial charge in [0.15, 0.2) is 0 Å². The Bertz CT molecular complexity index is 1910. The van der Waals surface area contributed by atoms with Crippen LogP contribution in [0.1, 0.15) is 16.7 Å². The van der Waals surface area contributed by atoms with Crippen molar-refractivity contribution < 1.29 is 0 Å². The third kappa shape index (κ3) is 7.76. The van der Waals surface area contributed by atoms with Gasteiger partial charge in [-0.05, 0) is 108 Å². The second-order valence-electron chi connectivity index (χ2n) is 11.0. The molecule has 0 aliphatic carbocycles. The van der Waals surface area contributed by atoms with Gasteiger partial charge in [-0.25, -0.2) is 0 Å². The third-order valence-corrected chi connectivity index (χ3v) is 7.57. The van der Waals surface area contributed by atoms with Gasteiger partial charge in [-0.15, -0.1) is 0 Å². The van der Waals surface area contributed by atoms with Gasteiger partial charge in [0.05, 0.1) is 34.1 Å². The zero-order valence-electron chi connectivity index (χ0n) is 26.0. The van der Waals surface area contributed by atoms with E-state index in [0.717, 1.165) is 67.5 Å². The molecule has 0 saturated heterocycles. The van der Waals surface area contributed by atoms with Crippen LogP contribution in [-0.2, 0) is 0 Å². The highest BCUT2D eigenvalue weighted by Gasteiger charge is 2.03. The summed E-state index contributed by atoms with van der Waals surface area (Å²) in [5.74, 6) is 0. The Balaban J connectivity index is 1.14. The first-order valence-corrected chi connectivity index (χ1v) is 15.6. The predicted octanol–water partition coefficient (Wildman–Crippen LogP) is 10.1. The molecule has 0 bridgehead atoms. The molecule has 48 heavy (non-hydrogen) atoms. The van der Waals surface area contributed by atoms with Gasteiger partial charge in [-0.1, -0.05) is 54.6 Å². The van der Waals surface area contributed by atoms with E-state index in [-0.39, 0.29) is 0 Å². The summed E-state index contributed by atoms with van der Waals surface area (Å²) in [6.07, 6.45) is 11.0. The summed E-state index contributed by atoms with van der Waals surface area (Å²) >= 11 is 0. The van der Waals surface area contributed by atoms with Gasteiger partial charge in [0.25, 0.3) is 0 Å². The van der Waals surface area contributed by atoms with Crippen molar-refractivity contribution in [1.82, 2.24) is 15.0 Å². The lowest BCUT2D eigenvalue weighted by molar-refractivity contribution is 1.32. The molecule has 0 aliphatic rings. The average molecular weight is 619 g/mol. The Labute approximate surface area is 279 Å². The molecule has 3 heterocycles. The number of pyridine rings is 3. The Hall–Kier alpha value is -6.66. The summed E-state index contributed by atoms with van der Waals surface area (Å²) in [7, 11) is 0. The van der Waals surface area contributed by atoms with E-state index in [4.69, 9.17) is 15.0 Å². The summed E-state index contributed by atoms with van der Waals surface area (Å²) in [5, 5.41) is 0. The molecule has 0 N–H and O–H groups in total. The highest BCUT2D eigenvalue weighted by atomic mass is 14.7. The molecule has 0 aliphatic heterocycles. The SMILES string of the molecule is C(=N/c1ccc(-c2ccccn2)cc1)/c1cc(/C=N\c2ccc(-c3ccccn3)cc2)cc(/C=N\c2ccc(-c3ccccn3)cc2)c1. The lowest BCUT2D eigenvalue weighted by atomic mass is 10.1. The topological polar surface area (TPSA) is 75.8 Å². The Kier molecular flexibility index (Phi) is 9.15. The molecule has 0 unspecified atom stereocenters. The summed E-state index contributed by atoms with van der Waals surface area (Å²) in [6.45, 7) is 0. The zero-order valence-corrected chi connectivity index (χ0v) is 26.0. The predicted molar refractivity (Wildman–Crippen MR) is 197 cm³/mol. The molecule has 6 nitrogen and oxygen atoms in total. The van der Waals surface area contributed by atoms with Crippen molar-refractivity contribution in [3.8, 4) is 33.8 Å². The fourth-order valence-electron chi connectivity index (χ4n) is 5.13. The van der Waals surface area contributed by atoms with Crippen LogP contribution in [0.15, 0.2) is 179 Å². The van der Waals surface area contributed by atoms with Crippen molar-refractivity contribution in [2.24, 2.45) is 15.0 Å². The van der Waals surface area contributed by atoms with E-state index in [1.807, 2.05) is 146 Å². The van der Waals surface area contributed by atoms with Gasteiger partial charge < -0.3 is 0 Å². The molecule has 7 rings (SSSR count). The van der Waals surface area contributed by atoms with Crippen molar-refractivity contribution in [2.75, 3.05) is 0 Å². The monoisotopic (exact) mass is 618 g/mol. The number of hydrogen-bond donors (Lipinski definition) is 0. The van der Waals surface area contributed by atoms with Gasteiger partial charge in [0.1, 0.15) is 0 Å². The lowest BCUT2D eigenvalue weighted by Gasteiger charge is -2.04. The number of nitrogens with zero attached hydrogens (tertiary/aromatic N) is 6. The van der Waals surface area contributed by atoms with Crippen LogP contribution in [-0.4, -0.2) is 33.6 Å². The minimum atomic E-state index is 0.852. The van der Waals surface area contributed by atoms with Crippen molar-refractivity contribution in [3.63, 3.8) is 0 Å². The van der Waals surface area contributed by atoms with Gasteiger partial charge >= 0.3 is 0 Å². The second-order valence-corrected chi connectivity index (χ2v) is 11.0. The van der Waals surface area contributed by atoms with E-state index < -0.39 is 0 Å². The van der Waals surface area contributed by atoms with E-state index in [0.29, 0.717) is 0 Å². The van der Waals surface area contributed by atoms with Crippen molar-refractivity contribution >= 4 is 35.7 Å². The molecule has 0 amide bonds. The van der Waals surface area contributed by atoms with Crippen LogP contribution in [0, 0.1) is 0 Å². The van der Waals surface area contributed by atoms with Crippen molar-refractivity contribution in [1.29, 1.82) is 0 Å². The number of hydrogen-bond acceptors (Lipinski definition) is 6. The number of aromatic nitrogens is 3. The van der Waals surface area contributed by atoms with Gasteiger partial charge in [0.2, 0.25) is 0 Å².